The van der Waals surface area contributed by atoms with Gasteiger partial charge in [0, 0.05) is 0 Å². The molecule has 0 amide bonds. The Labute approximate surface area is 50.3 Å². The largest absolute Gasteiger partial charge is 0.311 e. The second-order valence-electron chi connectivity index (χ2n) is 1.82. The molecule has 1 N–H and O–H groups in total. The molecule has 0 aliphatic heterocycles. The van der Waals surface area contributed by atoms with Crippen LogP contribution in [-0.2, 0) is 4.79 Å². The number of carbonyl (C=O) groups is 1. The third-order valence-corrected chi connectivity index (χ3v) is 1.13. The van der Waals surface area contributed by atoms with Crippen LogP contribution in [0.2, 0.25) is 0 Å². The van der Waals surface area contributed by atoms with Crippen molar-refractivity contribution in [2.24, 2.45) is 0 Å². The van der Waals surface area contributed by atoms with Crippen molar-refractivity contribution in [1.29, 1.82) is 0 Å². The van der Waals surface area contributed by atoms with Crippen molar-refractivity contribution < 1.29 is 4.79 Å². The predicted octanol–water partition coefficient (Wildman–Crippen LogP) is 0.573. The van der Waals surface area contributed by atoms with Crippen molar-refractivity contribution in [3.63, 3.8) is 0 Å². The summed E-state index contributed by atoms with van der Waals surface area (Å²) in [6.07, 6.45) is 2.95. The van der Waals surface area contributed by atoms with Crippen LogP contribution in [0.5, 0.6) is 0 Å². The van der Waals surface area contributed by atoms with Crippen LogP contribution in [0.1, 0.15) is 19.8 Å². The van der Waals surface area contributed by atoms with Crippen molar-refractivity contribution >= 4 is 6.29 Å². The van der Waals surface area contributed by atoms with Gasteiger partial charge in [0.25, 0.3) is 0 Å². The van der Waals surface area contributed by atoms with E-state index in [1.54, 1.807) is 7.05 Å². The highest BCUT2D eigenvalue weighted by Gasteiger charge is 1.98. The molecule has 48 valence electrons. The second-order valence-corrected chi connectivity index (χ2v) is 1.82. The van der Waals surface area contributed by atoms with Gasteiger partial charge in [-0.25, -0.2) is 0 Å². The van der Waals surface area contributed by atoms with Crippen LogP contribution in [0.4, 0.5) is 0 Å². The van der Waals surface area contributed by atoms with Gasteiger partial charge in [0.2, 0.25) is 0 Å². The van der Waals surface area contributed by atoms with E-state index < -0.39 is 0 Å². The summed E-state index contributed by atoms with van der Waals surface area (Å²) in [5.74, 6) is 0. The summed E-state index contributed by atoms with van der Waals surface area (Å²) in [4.78, 5) is 10.1. The van der Waals surface area contributed by atoms with Gasteiger partial charge >= 0.3 is 0 Å². The highest BCUT2D eigenvalue weighted by atomic mass is 16.1. The van der Waals surface area contributed by atoms with E-state index in [9.17, 15) is 4.79 Å². The molecule has 1 atom stereocenters. The lowest BCUT2D eigenvalue weighted by atomic mass is 10.2. The van der Waals surface area contributed by atoms with E-state index in [2.05, 4.69) is 12.2 Å². The normalized spacial score (nSPS) is 13.2. The summed E-state index contributed by atoms with van der Waals surface area (Å²) < 4.78 is 0. The SMILES string of the molecule is CCC[C@H](C=O)NC. The van der Waals surface area contributed by atoms with Crippen LogP contribution in [0, 0.1) is 0 Å². The van der Waals surface area contributed by atoms with Gasteiger partial charge < -0.3 is 10.1 Å². The lowest BCUT2D eigenvalue weighted by Gasteiger charge is -2.03. The molecule has 0 aromatic rings. The van der Waals surface area contributed by atoms with Gasteiger partial charge in [-0.3, -0.25) is 0 Å². The molecule has 0 unspecified atom stereocenters. The van der Waals surface area contributed by atoms with Crippen LogP contribution < -0.4 is 5.32 Å². The van der Waals surface area contributed by atoms with Gasteiger partial charge in [-0.1, -0.05) is 13.3 Å². The minimum Gasteiger partial charge on any atom is -0.311 e. The molecule has 0 fully saturated rings. The Balaban J connectivity index is 3.21. The fourth-order valence-electron chi connectivity index (χ4n) is 0.591. The van der Waals surface area contributed by atoms with Crippen molar-refractivity contribution in [2.75, 3.05) is 7.05 Å². The minimum absolute atomic E-state index is 0.0694. The molecule has 0 saturated heterocycles. The Hall–Kier alpha value is -0.370. The fraction of sp³-hybridized carbons (Fsp3) is 0.833. The molecule has 0 aliphatic rings. The first-order valence-corrected chi connectivity index (χ1v) is 2.97. The molecule has 0 rings (SSSR count). The van der Waals surface area contributed by atoms with Crippen LogP contribution in [0.25, 0.3) is 0 Å². The molecule has 0 saturated carbocycles. The number of aldehydes is 1. The average Bonchev–Trinajstić information content (AvgIpc) is 1.83. The topological polar surface area (TPSA) is 29.1 Å². The molecule has 0 radical (unpaired) electrons. The number of hydrogen-bond donors (Lipinski definition) is 1. The number of rotatable bonds is 4. The highest BCUT2D eigenvalue weighted by Crippen LogP contribution is 1.90. The lowest BCUT2D eigenvalue weighted by molar-refractivity contribution is -0.109. The maximum absolute atomic E-state index is 10.1. The lowest BCUT2D eigenvalue weighted by Crippen LogP contribution is -2.25. The van der Waals surface area contributed by atoms with E-state index in [1.165, 1.54) is 0 Å². The quantitative estimate of drug-likeness (QED) is 0.543. The van der Waals surface area contributed by atoms with Gasteiger partial charge in [0.1, 0.15) is 6.29 Å². The van der Waals surface area contributed by atoms with E-state index in [0.717, 1.165) is 19.1 Å². The van der Waals surface area contributed by atoms with E-state index in [4.69, 9.17) is 0 Å². The van der Waals surface area contributed by atoms with Gasteiger partial charge in [0.15, 0.2) is 0 Å². The zero-order valence-electron chi connectivity index (χ0n) is 5.48. The first kappa shape index (κ1) is 7.63. The Bertz CT molecular complexity index is 63.5. The summed E-state index contributed by atoms with van der Waals surface area (Å²) >= 11 is 0. The first-order valence-electron chi connectivity index (χ1n) is 2.97. The summed E-state index contributed by atoms with van der Waals surface area (Å²) in [6.45, 7) is 2.06. The van der Waals surface area contributed by atoms with Crippen molar-refractivity contribution in [3.8, 4) is 0 Å². The summed E-state index contributed by atoms with van der Waals surface area (Å²) in [7, 11) is 1.80. The smallest absolute Gasteiger partial charge is 0.136 e. The predicted molar refractivity (Wildman–Crippen MR) is 33.8 cm³/mol. The maximum atomic E-state index is 10.1. The number of nitrogens with one attached hydrogen (secondary N) is 1. The minimum atomic E-state index is 0.0694. The molecule has 2 heteroatoms. The zero-order valence-corrected chi connectivity index (χ0v) is 5.48. The molecule has 0 aromatic carbocycles. The second kappa shape index (κ2) is 4.78. The Morgan fingerprint density at radius 3 is 2.50 bits per heavy atom. The first-order chi connectivity index (χ1) is 3.85. The standard InChI is InChI=1S/C6H13NO/c1-3-4-6(5-8)7-2/h5-7H,3-4H2,1-2H3/t6-/m1/s1. The Morgan fingerprint density at radius 1 is 1.75 bits per heavy atom. The fourth-order valence-corrected chi connectivity index (χ4v) is 0.591. The van der Waals surface area contributed by atoms with E-state index in [1.807, 2.05) is 0 Å². The van der Waals surface area contributed by atoms with Crippen LogP contribution in [0.3, 0.4) is 0 Å². The number of carbonyl (C=O) groups excluding carboxylic acids is 1. The Morgan fingerprint density at radius 2 is 2.38 bits per heavy atom. The third kappa shape index (κ3) is 2.75. The van der Waals surface area contributed by atoms with E-state index in [0.29, 0.717) is 0 Å². The molecule has 0 heterocycles. The maximum Gasteiger partial charge on any atom is 0.136 e. The van der Waals surface area contributed by atoms with Crippen molar-refractivity contribution in [3.05, 3.63) is 0 Å². The summed E-state index contributed by atoms with van der Waals surface area (Å²) in [5.41, 5.74) is 0. The van der Waals surface area contributed by atoms with Gasteiger partial charge in [-0.15, -0.1) is 0 Å². The average molecular weight is 115 g/mol. The molecule has 0 aromatic heterocycles. The third-order valence-electron chi connectivity index (χ3n) is 1.13. The summed E-state index contributed by atoms with van der Waals surface area (Å²) in [5, 5.41) is 2.88. The van der Waals surface area contributed by atoms with Gasteiger partial charge in [-0.2, -0.15) is 0 Å². The molecule has 0 bridgehead atoms. The van der Waals surface area contributed by atoms with E-state index in [-0.39, 0.29) is 6.04 Å². The van der Waals surface area contributed by atoms with Crippen molar-refractivity contribution in [2.45, 2.75) is 25.8 Å². The number of likely N-dealkylation sites (N-methyl/N-ethyl adjacent to an activating group) is 1. The monoisotopic (exact) mass is 115 g/mol. The molecule has 0 spiro atoms. The summed E-state index contributed by atoms with van der Waals surface area (Å²) in [6, 6.07) is 0.0694. The molecular formula is C6H13NO. The Kier molecular flexibility index (Phi) is 4.56. The van der Waals surface area contributed by atoms with Crippen LogP contribution in [0.15, 0.2) is 0 Å². The number of hydrogen-bond acceptors (Lipinski definition) is 2. The van der Waals surface area contributed by atoms with Crippen LogP contribution >= 0.6 is 0 Å². The van der Waals surface area contributed by atoms with Gasteiger partial charge in [0.05, 0.1) is 6.04 Å². The molecule has 8 heavy (non-hydrogen) atoms. The molecule has 0 aliphatic carbocycles. The van der Waals surface area contributed by atoms with Gasteiger partial charge in [-0.05, 0) is 13.5 Å². The van der Waals surface area contributed by atoms with E-state index >= 15 is 0 Å². The molecular weight excluding hydrogens is 102 g/mol. The highest BCUT2D eigenvalue weighted by molar-refractivity contribution is 5.57. The van der Waals surface area contributed by atoms with Crippen LogP contribution in [-0.4, -0.2) is 19.4 Å². The van der Waals surface area contributed by atoms with Crippen molar-refractivity contribution in [1.82, 2.24) is 5.32 Å². The zero-order chi connectivity index (χ0) is 6.41. The molecule has 2 nitrogen and oxygen atoms in total.